The molecule has 1 aliphatic rings. The summed E-state index contributed by atoms with van der Waals surface area (Å²) in [5.74, 6) is -0.103. The number of carbonyl (C=O) groups excluding carboxylic acids is 2. The number of nitrogens with two attached hydrogens (primary N) is 1. The maximum atomic E-state index is 12.7. The molecule has 0 spiro atoms. The van der Waals surface area contributed by atoms with Crippen LogP contribution in [0.2, 0.25) is 0 Å². The summed E-state index contributed by atoms with van der Waals surface area (Å²) in [5.41, 5.74) is 1.83. The number of fused-ring (bicyclic) bond motifs is 2. The van der Waals surface area contributed by atoms with Gasteiger partial charge in [-0.2, -0.15) is 0 Å². The number of para-hydroxylation sites is 1. The SMILES string of the molecule is COc1cccc2cc(C=CC(=O)OCC(=O)N3c4ccc(S(N)(=O)=O)cc4CC3C)oc12. The number of primary sulfonamides is 1. The van der Waals surface area contributed by atoms with Crippen LogP contribution in [0.5, 0.6) is 5.75 Å². The van der Waals surface area contributed by atoms with Crippen molar-refractivity contribution in [2.45, 2.75) is 24.3 Å². The number of hydrogen-bond donors (Lipinski definition) is 1. The summed E-state index contributed by atoms with van der Waals surface area (Å²) >= 11 is 0. The third kappa shape index (κ3) is 4.62. The van der Waals surface area contributed by atoms with Gasteiger partial charge in [-0.05, 0) is 55.3 Å². The average Bonchev–Trinajstić information content (AvgIpc) is 3.34. The maximum Gasteiger partial charge on any atom is 0.331 e. The van der Waals surface area contributed by atoms with Crippen LogP contribution < -0.4 is 14.8 Å². The summed E-state index contributed by atoms with van der Waals surface area (Å²) in [6.07, 6.45) is 3.10. The summed E-state index contributed by atoms with van der Waals surface area (Å²) in [6, 6.07) is 11.3. The molecule has 1 amide bonds. The van der Waals surface area contributed by atoms with Gasteiger partial charge < -0.3 is 18.8 Å². The maximum absolute atomic E-state index is 12.7. The summed E-state index contributed by atoms with van der Waals surface area (Å²) < 4.78 is 39.2. The van der Waals surface area contributed by atoms with E-state index in [1.165, 1.54) is 35.3 Å². The second kappa shape index (κ2) is 8.72. The topological polar surface area (TPSA) is 129 Å². The monoisotopic (exact) mass is 470 g/mol. The van der Waals surface area contributed by atoms with E-state index in [2.05, 4.69) is 0 Å². The fraction of sp³-hybridized carbons (Fsp3) is 0.217. The third-order valence-corrected chi connectivity index (χ3v) is 6.24. The number of sulfonamides is 1. The van der Waals surface area contributed by atoms with Crippen molar-refractivity contribution >= 4 is 44.6 Å². The van der Waals surface area contributed by atoms with Crippen molar-refractivity contribution in [3.63, 3.8) is 0 Å². The first kappa shape index (κ1) is 22.6. The molecule has 4 rings (SSSR count). The molecule has 3 aromatic rings. The standard InChI is InChI=1S/C23H22N2O7S/c1-14-10-16-12-18(33(24,28)29)7-8-19(16)25(14)21(26)13-31-22(27)9-6-17-11-15-4-3-5-20(30-2)23(15)32-17/h3-9,11-12,14H,10,13H2,1-2H3,(H2,24,28,29). The van der Waals surface area contributed by atoms with Crippen molar-refractivity contribution < 1.29 is 31.9 Å². The Balaban J connectivity index is 1.41. The first-order chi connectivity index (χ1) is 15.7. The molecule has 1 atom stereocenters. The molecule has 0 fully saturated rings. The lowest BCUT2D eigenvalue weighted by molar-refractivity contribution is -0.143. The van der Waals surface area contributed by atoms with Gasteiger partial charge in [-0.3, -0.25) is 4.79 Å². The van der Waals surface area contributed by atoms with Gasteiger partial charge in [0.1, 0.15) is 5.76 Å². The number of methoxy groups -OCH3 is 1. The highest BCUT2D eigenvalue weighted by Crippen LogP contribution is 2.34. The fourth-order valence-corrected chi connectivity index (χ4v) is 4.43. The zero-order chi connectivity index (χ0) is 23.8. The number of benzene rings is 2. The Bertz CT molecular complexity index is 1370. The minimum atomic E-state index is -3.84. The van der Waals surface area contributed by atoms with Gasteiger partial charge in [-0.25, -0.2) is 18.4 Å². The van der Waals surface area contributed by atoms with E-state index in [1.807, 2.05) is 19.1 Å². The highest BCUT2D eigenvalue weighted by atomic mass is 32.2. The number of hydrogen-bond acceptors (Lipinski definition) is 7. The van der Waals surface area contributed by atoms with Crippen LogP contribution in [0.3, 0.4) is 0 Å². The first-order valence-electron chi connectivity index (χ1n) is 10.1. The smallest absolute Gasteiger partial charge is 0.331 e. The normalized spacial score (nSPS) is 15.7. The number of rotatable bonds is 6. The predicted octanol–water partition coefficient (Wildman–Crippen LogP) is 2.62. The zero-order valence-corrected chi connectivity index (χ0v) is 18.8. The molecular formula is C23H22N2O7S. The molecule has 33 heavy (non-hydrogen) atoms. The van der Waals surface area contributed by atoms with E-state index in [9.17, 15) is 18.0 Å². The van der Waals surface area contributed by atoms with Crippen LogP contribution in [0, 0.1) is 0 Å². The van der Waals surface area contributed by atoms with Gasteiger partial charge in [-0.1, -0.05) is 12.1 Å². The molecule has 172 valence electrons. The molecule has 2 heterocycles. The molecule has 1 unspecified atom stereocenters. The van der Waals surface area contributed by atoms with Crippen molar-refractivity contribution in [1.82, 2.24) is 0 Å². The van der Waals surface area contributed by atoms with Crippen molar-refractivity contribution in [3.8, 4) is 5.75 Å². The van der Waals surface area contributed by atoms with Crippen LogP contribution in [0.1, 0.15) is 18.2 Å². The van der Waals surface area contributed by atoms with Gasteiger partial charge in [0, 0.05) is 23.2 Å². The van der Waals surface area contributed by atoms with E-state index >= 15 is 0 Å². The number of furan rings is 1. The van der Waals surface area contributed by atoms with E-state index in [-0.39, 0.29) is 10.9 Å². The summed E-state index contributed by atoms with van der Waals surface area (Å²) in [4.78, 5) is 26.3. The Morgan fingerprint density at radius 1 is 1.24 bits per heavy atom. The summed E-state index contributed by atoms with van der Waals surface area (Å²) in [6.45, 7) is 1.37. The van der Waals surface area contributed by atoms with E-state index in [0.29, 0.717) is 34.8 Å². The highest BCUT2D eigenvalue weighted by Gasteiger charge is 2.32. The number of amides is 1. The minimum absolute atomic E-state index is 0.0116. The van der Waals surface area contributed by atoms with Crippen LogP contribution in [-0.2, 0) is 30.8 Å². The molecule has 0 radical (unpaired) electrons. The number of anilines is 1. The van der Waals surface area contributed by atoms with Gasteiger partial charge in [0.05, 0.1) is 12.0 Å². The molecule has 0 saturated carbocycles. The lowest BCUT2D eigenvalue weighted by atomic mass is 10.1. The molecule has 10 heteroatoms. The van der Waals surface area contributed by atoms with Gasteiger partial charge in [0.15, 0.2) is 17.9 Å². The van der Waals surface area contributed by atoms with E-state index in [0.717, 1.165) is 5.39 Å². The van der Waals surface area contributed by atoms with E-state index in [1.54, 1.807) is 19.2 Å². The largest absolute Gasteiger partial charge is 0.493 e. The molecule has 1 aromatic heterocycles. The van der Waals surface area contributed by atoms with Crippen molar-refractivity contribution in [2.24, 2.45) is 5.14 Å². The molecule has 9 nitrogen and oxygen atoms in total. The van der Waals surface area contributed by atoms with Gasteiger partial charge >= 0.3 is 5.97 Å². The first-order valence-corrected chi connectivity index (χ1v) is 11.6. The number of esters is 1. The molecule has 2 N–H and O–H groups in total. The van der Waals surface area contributed by atoms with E-state index in [4.69, 9.17) is 19.0 Å². The van der Waals surface area contributed by atoms with Crippen LogP contribution in [0.4, 0.5) is 5.69 Å². The number of carbonyl (C=O) groups is 2. The lowest BCUT2D eigenvalue weighted by Crippen LogP contribution is -2.38. The second-order valence-electron chi connectivity index (χ2n) is 7.62. The number of ether oxygens (including phenoxy) is 2. The van der Waals surface area contributed by atoms with Crippen LogP contribution in [0.15, 0.2) is 57.9 Å². The number of nitrogens with zero attached hydrogens (tertiary/aromatic N) is 1. The quantitative estimate of drug-likeness (QED) is 0.433. The Kier molecular flexibility index (Phi) is 5.96. The third-order valence-electron chi connectivity index (χ3n) is 5.33. The summed E-state index contributed by atoms with van der Waals surface area (Å²) in [5, 5.41) is 6.01. The predicted molar refractivity (Wildman–Crippen MR) is 121 cm³/mol. The Labute approximate surface area is 190 Å². The average molecular weight is 471 g/mol. The molecule has 0 saturated heterocycles. The Morgan fingerprint density at radius 2 is 2.03 bits per heavy atom. The minimum Gasteiger partial charge on any atom is -0.493 e. The Hall–Kier alpha value is -3.63. The molecular weight excluding hydrogens is 448 g/mol. The van der Waals surface area contributed by atoms with E-state index < -0.39 is 28.5 Å². The van der Waals surface area contributed by atoms with Crippen molar-refractivity contribution in [1.29, 1.82) is 0 Å². The Morgan fingerprint density at radius 3 is 2.76 bits per heavy atom. The molecule has 0 aliphatic carbocycles. The van der Waals surface area contributed by atoms with Gasteiger partial charge in [-0.15, -0.1) is 0 Å². The van der Waals surface area contributed by atoms with Crippen LogP contribution in [-0.4, -0.2) is 40.1 Å². The zero-order valence-electron chi connectivity index (χ0n) is 18.0. The van der Waals surface area contributed by atoms with Crippen molar-refractivity contribution in [2.75, 3.05) is 18.6 Å². The molecule has 1 aliphatic heterocycles. The van der Waals surface area contributed by atoms with Crippen molar-refractivity contribution in [3.05, 3.63) is 59.9 Å². The summed E-state index contributed by atoms with van der Waals surface area (Å²) in [7, 11) is -2.30. The molecule has 2 aromatic carbocycles. The van der Waals surface area contributed by atoms with Gasteiger partial charge in [0.2, 0.25) is 10.0 Å². The van der Waals surface area contributed by atoms with Gasteiger partial charge in [0.25, 0.3) is 5.91 Å². The fourth-order valence-electron chi connectivity index (χ4n) is 3.86. The lowest BCUT2D eigenvalue weighted by Gasteiger charge is -2.22. The highest BCUT2D eigenvalue weighted by molar-refractivity contribution is 7.89. The second-order valence-corrected chi connectivity index (χ2v) is 9.18. The van der Waals surface area contributed by atoms with Crippen LogP contribution >= 0.6 is 0 Å². The van der Waals surface area contributed by atoms with Crippen LogP contribution in [0.25, 0.3) is 17.0 Å². The molecule has 0 bridgehead atoms.